The van der Waals surface area contributed by atoms with Crippen LogP contribution in [0, 0.1) is 11.3 Å². The lowest BCUT2D eigenvalue weighted by molar-refractivity contribution is 1.11. The van der Waals surface area contributed by atoms with Gasteiger partial charge in [0.2, 0.25) is 0 Å². The molecule has 0 unspecified atom stereocenters. The molecule has 2 heterocycles. The van der Waals surface area contributed by atoms with Crippen LogP contribution in [0.2, 0.25) is 5.02 Å². The number of nitrogens with zero attached hydrogens (tertiary/aromatic N) is 4. The van der Waals surface area contributed by atoms with Gasteiger partial charge in [0.15, 0.2) is 11.5 Å². The Labute approximate surface area is 122 Å². The van der Waals surface area contributed by atoms with Gasteiger partial charge in [0.25, 0.3) is 0 Å². The molecule has 6 heteroatoms. The molecule has 0 amide bonds. The molecule has 0 radical (unpaired) electrons. The molecule has 0 spiro atoms. The van der Waals surface area contributed by atoms with Crippen molar-refractivity contribution in [3.8, 4) is 17.5 Å². The molecule has 0 aliphatic carbocycles. The van der Waals surface area contributed by atoms with Crippen molar-refractivity contribution >= 4 is 33.2 Å². The summed E-state index contributed by atoms with van der Waals surface area (Å²) in [5.41, 5.74) is 1.96. The number of rotatable bonds is 1. The second kappa shape index (κ2) is 4.65. The highest BCUT2D eigenvalue weighted by molar-refractivity contribution is 9.10. The zero-order valence-corrected chi connectivity index (χ0v) is 11.9. The number of halogens is 2. The van der Waals surface area contributed by atoms with Crippen LogP contribution in [-0.2, 0) is 0 Å². The molecule has 0 bridgehead atoms. The largest absolute Gasteiger partial charge is 0.282 e. The first kappa shape index (κ1) is 12.2. The molecule has 3 aromatic rings. The fraction of sp³-hybridized carbons (Fsp3) is 0. The minimum atomic E-state index is 0.549. The molecule has 92 valence electrons. The molecule has 0 aliphatic heterocycles. The van der Waals surface area contributed by atoms with E-state index in [0.29, 0.717) is 22.1 Å². The van der Waals surface area contributed by atoms with E-state index in [9.17, 15) is 0 Å². The number of pyridine rings is 1. The van der Waals surface area contributed by atoms with E-state index in [1.54, 1.807) is 22.7 Å². The summed E-state index contributed by atoms with van der Waals surface area (Å²) in [5, 5.41) is 17.6. The van der Waals surface area contributed by atoms with Crippen molar-refractivity contribution in [2.75, 3.05) is 0 Å². The zero-order chi connectivity index (χ0) is 13.4. The van der Waals surface area contributed by atoms with Crippen LogP contribution in [0.15, 0.2) is 41.0 Å². The van der Waals surface area contributed by atoms with E-state index in [4.69, 9.17) is 16.9 Å². The lowest BCUT2D eigenvalue weighted by Gasteiger charge is -2.03. The van der Waals surface area contributed by atoms with Gasteiger partial charge in [-0.15, -0.1) is 10.2 Å². The Morgan fingerprint density at radius 1 is 1.21 bits per heavy atom. The van der Waals surface area contributed by atoms with Crippen LogP contribution in [0.3, 0.4) is 0 Å². The SMILES string of the molecule is N#Cc1ccn2c(-c3ccc(Br)cc3Cl)nnc2c1. The topological polar surface area (TPSA) is 54.0 Å². The number of fused-ring (bicyclic) bond motifs is 1. The average molecular weight is 334 g/mol. The molecular formula is C13H6BrClN4. The fourth-order valence-corrected chi connectivity index (χ4v) is 2.57. The van der Waals surface area contributed by atoms with Crippen LogP contribution in [0.25, 0.3) is 17.0 Å². The summed E-state index contributed by atoms with van der Waals surface area (Å²) >= 11 is 9.58. The summed E-state index contributed by atoms with van der Waals surface area (Å²) in [6, 6.07) is 11.1. The highest BCUT2D eigenvalue weighted by Gasteiger charge is 2.11. The Bertz CT molecular complexity index is 819. The molecule has 19 heavy (non-hydrogen) atoms. The monoisotopic (exact) mass is 332 g/mol. The van der Waals surface area contributed by atoms with Gasteiger partial charge in [-0.2, -0.15) is 5.26 Å². The van der Waals surface area contributed by atoms with E-state index in [2.05, 4.69) is 32.2 Å². The zero-order valence-electron chi connectivity index (χ0n) is 9.51. The van der Waals surface area contributed by atoms with E-state index in [0.717, 1.165) is 10.0 Å². The van der Waals surface area contributed by atoms with Gasteiger partial charge in [-0.05, 0) is 24.3 Å². The molecule has 0 fully saturated rings. The van der Waals surface area contributed by atoms with Crippen molar-refractivity contribution in [3.05, 3.63) is 51.6 Å². The van der Waals surface area contributed by atoms with Gasteiger partial charge >= 0.3 is 0 Å². The molecular weight excluding hydrogens is 328 g/mol. The van der Waals surface area contributed by atoms with Gasteiger partial charge in [-0.1, -0.05) is 27.5 Å². The van der Waals surface area contributed by atoms with Crippen molar-refractivity contribution in [3.63, 3.8) is 0 Å². The maximum Gasteiger partial charge on any atom is 0.169 e. The van der Waals surface area contributed by atoms with Crippen molar-refractivity contribution < 1.29 is 0 Å². The standard InChI is InChI=1S/C13H6BrClN4/c14-9-1-2-10(11(15)6-9)13-18-17-12-5-8(7-16)3-4-19(12)13/h1-6H. The number of nitriles is 1. The minimum absolute atomic E-state index is 0.549. The van der Waals surface area contributed by atoms with E-state index in [-0.39, 0.29) is 0 Å². The normalized spacial score (nSPS) is 10.6. The molecule has 2 aromatic heterocycles. The quantitative estimate of drug-likeness (QED) is 0.682. The molecule has 0 saturated heterocycles. The first-order valence-electron chi connectivity index (χ1n) is 5.39. The summed E-state index contributed by atoms with van der Waals surface area (Å²) in [6.07, 6.45) is 1.77. The van der Waals surface area contributed by atoms with Gasteiger partial charge in [0, 0.05) is 22.3 Å². The third-order valence-corrected chi connectivity index (χ3v) is 3.52. The highest BCUT2D eigenvalue weighted by Crippen LogP contribution is 2.29. The first-order valence-corrected chi connectivity index (χ1v) is 6.56. The maximum atomic E-state index is 8.86. The number of benzene rings is 1. The predicted octanol–water partition coefficient (Wildman–Crippen LogP) is 3.68. The predicted molar refractivity (Wildman–Crippen MR) is 75.8 cm³/mol. The Morgan fingerprint density at radius 2 is 2.05 bits per heavy atom. The lowest BCUT2D eigenvalue weighted by Crippen LogP contribution is -1.90. The third kappa shape index (κ3) is 2.09. The minimum Gasteiger partial charge on any atom is -0.282 e. The Balaban J connectivity index is 2.23. The summed E-state index contributed by atoms with van der Waals surface area (Å²) in [5.74, 6) is 0.650. The van der Waals surface area contributed by atoms with Crippen LogP contribution in [-0.4, -0.2) is 14.6 Å². The molecule has 0 aliphatic rings. The van der Waals surface area contributed by atoms with Crippen molar-refractivity contribution in [1.82, 2.24) is 14.6 Å². The summed E-state index contributed by atoms with van der Waals surface area (Å²) < 4.78 is 2.71. The molecule has 4 nitrogen and oxygen atoms in total. The Morgan fingerprint density at radius 3 is 2.79 bits per heavy atom. The molecule has 1 aromatic carbocycles. The van der Waals surface area contributed by atoms with Gasteiger partial charge in [-0.25, -0.2) is 0 Å². The molecule has 3 rings (SSSR count). The van der Waals surface area contributed by atoms with Crippen LogP contribution in [0.1, 0.15) is 5.56 Å². The van der Waals surface area contributed by atoms with E-state index < -0.39 is 0 Å². The molecule has 0 saturated carbocycles. The highest BCUT2D eigenvalue weighted by atomic mass is 79.9. The number of hydrogen-bond acceptors (Lipinski definition) is 3. The third-order valence-electron chi connectivity index (χ3n) is 2.71. The van der Waals surface area contributed by atoms with E-state index >= 15 is 0 Å². The smallest absolute Gasteiger partial charge is 0.169 e. The van der Waals surface area contributed by atoms with Gasteiger partial charge in [0.1, 0.15) is 0 Å². The van der Waals surface area contributed by atoms with Crippen LogP contribution >= 0.6 is 27.5 Å². The Hall–Kier alpha value is -1.90. The van der Waals surface area contributed by atoms with Gasteiger partial charge < -0.3 is 0 Å². The van der Waals surface area contributed by atoms with E-state index in [1.807, 2.05) is 18.2 Å². The van der Waals surface area contributed by atoms with Crippen molar-refractivity contribution in [2.45, 2.75) is 0 Å². The second-order valence-electron chi connectivity index (χ2n) is 3.90. The summed E-state index contributed by atoms with van der Waals surface area (Å²) in [6.45, 7) is 0. The first-order chi connectivity index (χ1) is 9.19. The van der Waals surface area contributed by atoms with Gasteiger partial charge in [-0.3, -0.25) is 4.40 Å². The van der Waals surface area contributed by atoms with Crippen molar-refractivity contribution in [1.29, 1.82) is 5.26 Å². The Kier molecular flexibility index (Phi) is 2.97. The van der Waals surface area contributed by atoms with Crippen molar-refractivity contribution in [2.24, 2.45) is 0 Å². The molecule has 0 N–H and O–H groups in total. The number of aromatic nitrogens is 3. The number of hydrogen-bond donors (Lipinski definition) is 0. The van der Waals surface area contributed by atoms with Gasteiger partial charge in [0.05, 0.1) is 16.7 Å². The van der Waals surface area contributed by atoms with E-state index in [1.165, 1.54) is 0 Å². The van der Waals surface area contributed by atoms with Crippen LogP contribution in [0.4, 0.5) is 0 Å². The maximum absolute atomic E-state index is 8.86. The lowest BCUT2D eigenvalue weighted by atomic mass is 10.2. The van der Waals surface area contributed by atoms with Crippen LogP contribution < -0.4 is 0 Å². The fourth-order valence-electron chi connectivity index (χ4n) is 1.81. The summed E-state index contributed by atoms with van der Waals surface area (Å²) in [4.78, 5) is 0. The van der Waals surface area contributed by atoms with Crippen LogP contribution in [0.5, 0.6) is 0 Å². The summed E-state index contributed by atoms with van der Waals surface area (Å²) in [7, 11) is 0. The second-order valence-corrected chi connectivity index (χ2v) is 5.23. The average Bonchev–Trinajstić information content (AvgIpc) is 2.81. The molecule has 0 atom stereocenters.